The summed E-state index contributed by atoms with van der Waals surface area (Å²) < 4.78 is 18.1. The SMILES string of the molecule is CN(C)CCOc1ccccc1B1OC(C)(C)C(C)(C)O1. The van der Waals surface area contributed by atoms with Gasteiger partial charge in [0.15, 0.2) is 0 Å². The van der Waals surface area contributed by atoms with E-state index in [1.807, 2.05) is 38.4 Å². The van der Waals surface area contributed by atoms with Crippen LogP contribution in [-0.2, 0) is 9.31 Å². The molecule has 1 saturated heterocycles. The number of nitrogens with zero attached hydrogens (tertiary/aromatic N) is 1. The Hall–Kier alpha value is -1.04. The maximum absolute atomic E-state index is 6.11. The number of likely N-dealkylation sites (N-methyl/N-ethyl adjacent to an activating group) is 1. The average Bonchev–Trinajstić information content (AvgIpc) is 2.58. The molecule has 0 aromatic heterocycles. The molecule has 1 aromatic carbocycles. The summed E-state index contributed by atoms with van der Waals surface area (Å²) in [5.41, 5.74) is 0.276. The van der Waals surface area contributed by atoms with Crippen LogP contribution in [-0.4, -0.2) is 50.5 Å². The van der Waals surface area contributed by atoms with E-state index < -0.39 is 0 Å². The summed E-state index contributed by atoms with van der Waals surface area (Å²) in [7, 11) is 3.68. The smallest absolute Gasteiger partial charge is 0.493 e. The molecule has 2 rings (SSSR count). The van der Waals surface area contributed by atoms with Gasteiger partial charge in [0.2, 0.25) is 0 Å². The summed E-state index contributed by atoms with van der Waals surface area (Å²) in [6.45, 7) is 9.75. The van der Waals surface area contributed by atoms with Gasteiger partial charge in [0.05, 0.1) is 11.2 Å². The quantitative estimate of drug-likeness (QED) is 0.776. The first-order valence-corrected chi connectivity index (χ1v) is 7.45. The number of rotatable bonds is 5. The zero-order valence-corrected chi connectivity index (χ0v) is 14.0. The minimum atomic E-state index is -0.384. The van der Waals surface area contributed by atoms with Crippen molar-refractivity contribution in [1.82, 2.24) is 4.90 Å². The van der Waals surface area contributed by atoms with Crippen molar-refractivity contribution in [3.05, 3.63) is 24.3 Å². The highest BCUT2D eigenvalue weighted by Crippen LogP contribution is 2.37. The third-order valence-electron chi connectivity index (χ3n) is 4.22. The standard InChI is InChI=1S/C16H26BNO3/c1-15(2)16(3,4)21-17(20-15)13-9-7-8-10-14(13)19-12-11-18(5)6/h7-10H,11-12H2,1-6H3. The molecule has 0 amide bonds. The Morgan fingerprint density at radius 2 is 1.62 bits per heavy atom. The van der Waals surface area contributed by atoms with Crippen LogP contribution in [0.2, 0.25) is 0 Å². The second kappa shape index (κ2) is 5.99. The van der Waals surface area contributed by atoms with Crippen molar-refractivity contribution in [3.63, 3.8) is 0 Å². The third-order valence-corrected chi connectivity index (χ3v) is 4.22. The Bertz CT molecular complexity index is 472. The Labute approximate surface area is 128 Å². The molecule has 0 spiro atoms. The highest BCUT2D eigenvalue weighted by Gasteiger charge is 2.52. The predicted octanol–water partition coefficient (Wildman–Crippen LogP) is 1.93. The number of benzene rings is 1. The summed E-state index contributed by atoms with van der Waals surface area (Å²) in [5, 5.41) is 0. The molecular formula is C16H26BNO3. The average molecular weight is 291 g/mol. The van der Waals surface area contributed by atoms with Crippen molar-refractivity contribution < 1.29 is 14.0 Å². The maximum atomic E-state index is 6.11. The predicted molar refractivity (Wildman–Crippen MR) is 86.2 cm³/mol. The van der Waals surface area contributed by atoms with E-state index >= 15 is 0 Å². The van der Waals surface area contributed by atoms with E-state index in [0.29, 0.717) is 6.61 Å². The highest BCUT2D eigenvalue weighted by atomic mass is 16.7. The molecule has 0 N–H and O–H groups in total. The first-order chi connectivity index (χ1) is 9.73. The molecule has 1 aromatic rings. The largest absolute Gasteiger partial charge is 0.498 e. The molecule has 0 atom stereocenters. The zero-order chi connectivity index (χ0) is 15.7. The van der Waals surface area contributed by atoms with E-state index in [1.165, 1.54) is 0 Å². The molecule has 0 saturated carbocycles. The molecule has 0 bridgehead atoms. The van der Waals surface area contributed by atoms with Gasteiger partial charge in [0.1, 0.15) is 12.4 Å². The Balaban J connectivity index is 2.14. The summed E-state index contributed by atoms with van der Waals surface area (Å²) in [5.74, 6) is 0.831. The second-order valence-corrected chi connectivity index (χ2v) is 6.78. The van der Waals surface area contributed by atoms with Gasteiger partial charge in [-0.25, -0.2) is 0 Å². The Kier molecular flexibility index (Phi) is 4.66. The van der Waals surface area contributed by atoms with Gasteiger partial charge in [-0.2, -0.15) is 0 Å². The number of hydrogen-bond acceptors (Lipinski definition) is 4. The van der Waals surface area contributed by atoms with E-state index in [4.69, 9.17) is 14.0 Å². The Morgan fingerprint density at radius 3 is 2.19 bits per heavy atom. The first kappa shape index (κ1) is 16.3. The molecule has 0 unspecified atom stereocenters. The van der Waals surface area contributed by atoms with Gasteiger partial charge in [0, 0.05) is 12.0 Å². The first-order valence-electron chi connectivity index (χ1n) is 7.45. The van der Waals surface area contributed by atoms with Gasteiger partial charge in [-0.3, -0.25) is 0 Å². The molecule has 116 valence electrons. The summed E-state index contributed by atoms with van der Waals surface area (Å²) in [4.78, 5) is 2.09. The van der Waals surface area contributed by atoms with Crippen LogP contribution in [0.5, 0.6) is 5.75 Å². The lowest BCUT2D eigenvalue weighted by Crippen LogP contribution is -2.41. The molecule has 0 radical (unpaired) electrons. The van der Waals surface area contributed by atoms with Crippen molar-refractivity contribution in [2.24, 2.45) is 0 Å². The van der Waals surface area contributed by atoms with Crippen LogP contribution in [0.4, 0.5) is 0 Å². The Morgan fingerprint density at radius 1 is 1.05 bits per heavy atom. The fraction of sp³-hybridized carbons (Fsp3) is 0.625. The van der Waals surface area contributed by atoms with Gasteiger partial charge >= 0.3 is 7.12 Å². The van der Waals surface area contributed by atoms with Crippen molar-refractivity contribution in [2.75, 3.05) is 27.2 Å². The van der Waals surface area contributed by atoms with Gasteiger partial charge in [-0.15, -0.1) is 0 Å². The second-order valence-electron chi connectivity index (χ2n) is 6.78. The van der Waals surface area contributed by atoms with Crippen LogP contribution in [0.1, 0.15) is 27.7 Å². The van der Waals surface area contributed by atoms with Crippen LogP contribution in [0.25, 0.3) is 0 Å². The van der Waals surface area contributed by atoms with Gasteiger partial charge in [-0.05, 0) is 47.9 Å². The normalized spacial score (nSPS) is 20.0. The van der Waals surface area contributed by atoms with Crippen molar-refractivity contribution in [2.45, 2.75) is 38.9 Å². The van der Waals surface area contributed by atoms with Crippen molar-refractivity contribution in [3.8, 4) is 5.75 Å². The van der Waals surface area contributed by atoms with Crippen LogP contribution in [0.15, 0.2) is 24.3 Å². The van der Waals surface area contributed by atoms with E-state index in [1.54, 1.807) is 0 Å². The molecule has 1 aliphatic rings. The summed E-state index contributed by atoms with van der Waals surface area (Å²) in [6.07, 6.45) is 0. The summed E-state index contributed by atoms with van der Waals surface area (Å²) >= 11 is 0. The minimum Gasteiger partial charge on any atom is -0.493 e. The molecule has 1 aliphatic heterocycles. The molecule has 1 heterocycles. The van der Waals surface area contributed by atoms with Gasteiger partial charge in [-0.1, -0.05) is 18.2 Å². The lowest BCUT2D eigenvalue weighted by Gasteiger charge is -2.32. The van der Waals surface area contributed by atoms with Gasteiger partial charge in [0.25, 0.3) is 0 Å². The molecule has 0 aliphatic carbocycles. The minimum absolute atomic E-state index is 0.339. The van der Waals surface area contributed by atoms with Crippen LogP contribution >= 0.6 is 0 Å². The zero-order valence-electron chi connectivity index (χ0n) is 14.0. The fourth-order valence-electron chi connectivity index (χ4n) is 2.11. The number of para-hydroxylation sites is 1. The lowest BCUT2D eigenvalue weighted by molar-refractivity contribution is 0.00578. The van der Waals surface area contributed by atoms with Crippen LogP contribution in [0, 0.1) is 0 Å². The number of ether oxygens (including phenoxy) is 1. The molecule has 5 heteroatoms. The maximum Gasteiger partial charge on any atom is 0.498 e. The van der Waals surface area contributed by atoms with E-state index in [9.17, 15) is 0 Å². The van der Waals surface area contributed by atoms with Crippen molar-refractivity contribution >= 4 is 12.6 Å². The summed E-state index contributed by atoms with van der Waals surface area (Å²) in [6, 6.07) is 7.93. The van der Waals surface area contributed by atoms with E-state index in [0.717, 1.165) is 17.8 Å². The molecule has 1 fully saturated rings. The van der Waals surface area contributed by atoms with Crippen LogP contribution < -0.4 is 10.2 Å². The number of hydrogen-bond donors (Lipinski definition) is 0. The highest BCUT2D eigenvalue weighted by molar-refractivity contribution is 6.63. The monoisotopic (exact) mass is 291 g/mol. The van der Waals surface area contributed by atoms with Crippen molar-refractivity contribution in [1.29, 1.82) is 0 Å². The molecule has 21 heavy (non-hydrogen) atoms. The molecule has 4 nitrogen and oxygen atoms in total. The fourth-order valence-corrected chi connectivity index (χ4v) is 2.11. The topological polar surface area (TPSA) is 30.9 Å². The molecular weight excluding hydrogens is 265 g/mol. The van der Waals surface area contributed by atoms with Crippen LogP contribution in [0.3, 0.4) is 0 Å². The van der Waals surface area contributed by atoms with Gasteiger partial charge < -0.3 is 18.9 Å². The lowest BCUT2D eigenvalue weighted by atomic mass is 9.78. The van der Waals surface area contributed by atoms with E-state index in [-0.39, 0.29) is 18.3 Å². The van der Waals surface area contributed by atoms with E-state index in [2.05, 4.69) is 32.6 Å². The third kappa shape index (κ3) is 3.60.